The average Bonchev–Trinajstić information content (AvgIpc) is 2.46. The van der Waals surface area contributed by atoms with E-state index in [4.69, 9.17) is 5.11 Å². The van der Waals surface area contributed by atoms with E-state index >= 15 is 0 Å². The lowest BCUT2D eigenvalue weighted by Gasteiger charge is -2.39. The van der Waals surface area contributed by atoms with Gasteiger partial charge in [0.1, 0.15) is 0 Å². The highest BCUT2D eigenvalue weighted by Crippen LogP contribution is 2.26. The highest BCUT2D eigenvalue weighted by molar-refractivity contribution is 7.99. The summed E-state index contributed by atoms with van der Waals surface area (Å²) in [6.07, 6.45) is 2.17. The molecule has 1 atom stereocenters. The van der Waals surface area contributed by atoms with Crippen LogP contribution in [0.4, 0.5) is 0 Å². The summed E-state index contributed by atoms with van der Waals surface area (Å²) in [5, 5.41) is 8.98. The van der Waals surface area contributed by atoms with E-state index in [2.05, 4.69) is 0 Å². The molecular formula is C13H22N2O5S2. The van der Waals surface area contributed by atoms with Crippen LogP contribution in [0.3, 0.4) is 0 Å². The number of rotatable bonds is 4. The predicted molar refractivity (Wildman–Crippen MR) is 84.2 cm³/mol. The van der Waals surface area contributed by atoms with Gasteiger partial charge in [0.2, 0.25) is 15.9 Å². The molecule has 1 unspecified atom stereocenters. The number of aliphatic carboxylic acids is 1. The number of sulfonamides is 1. The largest absolute Gasteiger partial charge is 0.481 e. The minimum absolute atomic E-state index is 0.0142. The number of hydrogen-bond acceptors (Lipinski definition) is 5. The van der Waals surface area contributed by atoms with Crippen molar-refractivity contribution in [2.24, 2.45) is 5.92 Å². The molecule has 0 saturated carbocycles. The Labute approximate surface area is 135 Å². The fourth-order valence-electron chi connectivity index (χ4n) is 2.98. The first-order chi connectivity index (χ1) is 10.3. The summed E-state index contributed by atoms with van der Waals surface area (Å²) in [5.41, 5.74) is 0. The standard InChI is InChI=1S/C13H22N2O5S2/c1-22(19,20)14-4-2-10(3-5-14)13(18)15-6-7-21-9-11(15)8-12(16)17/h10-11H,2-9H2,1H3,(H,16,17). The molecule has 0 aromatic heterocycles. The van der Waals surface area contributed by atoms with Crippen LogP contribution in [0.25, 0.3) is 0 Å². The second-order valence-corrected chi connectivity index (χ2v) is 8.93. The molecule has 9 heteroatoms. The van der Waals surface area contributed by atoms with Gasteiger partial charge in [-0.25, -0.2) is 12.7 Å². The first-order valence-electron chi connectivity index (χ1n) is 7.34. The molecule has 126 valence electrons. The second-order valence-electron chi connectivity index (χ2n) is 5.79. The lowest BCUT2D eigenvalue weighted by atomic mass is 9.95. The van der Waals surface area contributed by atoms with Gasteiger partial charge in [-0.3, -0.25) is 9.59 Å². The van der Waals surface area contributed by atoms with Gasteiger partial charge in [-0.1, -0.05) is 0 Å². The molecular weight excluding hydrogens is 328 g/mol. The van der Waals surface area contributed by atoms with Crippen LogP contribution >= 0.6 is 11.8 Å². The second kappa shape index (κ2) is 7.18. The lowest BCUT2D eigenvalue weighted by Crippen LogP contribution is -2.51. The van der Waals surface area contributed by atoms with Gasteiger partial charge in [0.15, 0.2) is 0 Å². The van der Waals surface area contributed by atoms with E-state index in [1.165, 1.54) is 10.6 Å². The smallest absolute Gasteiger partial charge is 0.305 e. The Bertz CT molecular complexity index is 529. The lowest BCUT2D eigenvalue weighted by molar-refractivity contribution is -0.142. The third kappa shape index (κ3) is 4.36. The maximum Gasteiger partial charge on any atom is 0.305 e. The number of carbonyl (C=O) groups is 2. The predicted octanol–water partition coefficient (Wildman–Crippen LogP) is 0.0767. The van der Waals surface area contributed by atoms with Crippen molar-refractivity contribution in [3.05, 3.63) is 0 Å². The quantitative estimate of drug-likeness (QED) is 0.771. The molecule has 1 amide bonds. The van der Waals surface area contributed by atoms with Crippen LogP contribution in [-0.4, -0.2) is 78.0 Å². The first-order valence-corrected chi connectivity index (χ1v) is 10.3. The van der Waals surface area contributed by atoms with E-state index in [1.807, 2.05) is 0 Å². The van der Waals surface area contributed by atoms with Crippen molar-refractivity contribution < 1.29 is 23.1 Å². The van der Waals surface area contributed by atoms with E-state index in [0.717, 1.165) is 5.75 Å². The number of carboxylic acids is 1. The number of amides is 1. The Morgan fingerprint density at radius 1 is 1.23 bits per heavy atom. The topological polar surface area (TPSA) is 95.0 Å². The molecule has 2 rings (SSSR count). The number of carbonyl (C=O) groups excluding carboxylic acids is 1. The monoisotopic (exact) mass is 350 g/mol. The molecule has 1 N–H and O–H groups in total. The Hall–Kier alpha value is -0.800. The maximum atomic E-state index is 12.7. The van der Waals surface area contributed by atoms with Gasteiger partial charge in [-0.2, -0.15) is 11.8 Å². The molecule has 2 aliphatic heterocycles. The summed E-state index contributed by atoms with van der Waals surface area (Å²) in [4.78, 5) is 25.3. The molecule has 0 aliphatic carbocycles. The molecule has 2 aliphatic rings. The van der Waals surface area contributed by atoms with Crippen LogP contribution in [-0.2, 0) is 19.6 Å². The fraction of sp³-hybridized carbons (Fsp3) is 0.846. The normalized spacial score (nSPS) is 25.1. The molecule has 0 aromatic carbocycles. The number of piperidine rings is 1. The van der Waals surface area contributed by atoms with Crippen LogP contribution in [0, 0.1) is 5.92 Å². The van der Waals surface area contributed by atoms with Gasteiger partial charge >= 0.3 is 5.97 Å². The molecule has 7 nitrogen and oxygen atoms in total. The zero-order valence-corrected chi connectivity index (χ0v) is 14.2. The van der Waals surface area contributed by atoms with Crippen LogP contribution in [0.15, 0.2) is 0 Å². The number of nitrogens with zero attached hydrogens (tertiary/aromatic N) is 2. The van der Waals surface area contributed by atoms with E-state index < -0.39 is 16.0 Å². The Morgan fingerprint density at radius 2 is 1.86 bits per heavy atom. The van der Waals surface area contributed by atoms with Gasteiger partial charge in [-0.05, 0) is 12.8 Å². The minimum Gasteiger partial charge on any atom is -0.481 e. The highest BCUT2D eigenvalue weighted by atomic mass is 32.2. The van der Waals surface area contributed by atoms with E-state index in [-0.39, 0.29) is 24.3 Å². The molecule has 2 fully saturated rings. The Balaban J connectivity index is 1.97. The third-order valence-electron chi connectivity index (χ3n) is 4.19. The molecule has 0 aromatic rings. The van der Waals surface area contributed by atoms with Crippen LogP contribution < -0.4 is 0 Å². The molecule has 0 radical (unpaired) electrons. The van der Waals surface area contributed by atoms with Crippen LogP contribution in [0.2, 0.25) is 0 Å². The van der Waals surface area contributed by atoms with Crippen molar-refractivity contribution in [3.63, 3.8) is 0 Å². The highest BCUT2D eigenvalue weighted by Gasteiger charge is 2.35. The summed E-state index contributed by atoms with van der Waals surface area (Å²) < 4.78 is 24.4. The summed E-state index contributed by atoms with van der Waals surface area (Å²) in [7, 11) is -3.20. The molecule has 0 bridgehead atoms. The van der Waals surface area contributed by atoms with E-state index in [0.29, 0.717) is 38.2 Å². The number of carboxylic acid groups (broad SMARTS) is 1. The number of hydrogen-bond donors (Lipinski definition) is 1. The first kappa shape index (κ1) is 17.6. The molecule has 0 spiro atoms. The van der Waals surface area contributed by atoms with E-state index in [9.17, 15) is 18.0 Å². The molecule has 2 heterocycles. The van der Waals surface area contributed by atoms with Gasteiger partial charge in [0.05, 0.1) is 18.7 Å². The number of thioether (sulfide) groups is 1. The van der Waals surface area contributed by atoms with Gasteiger partial charge in [-0.15, -0.1) is 0 Å². The van der Waals surface area contributed by atoms with E-state index in [1.54, 1.807) is 16.7 Å². The van der Waals surface area contributed by atoms with Crippen molar-refractivity contribution in [2.45, 2.75) is 25.3 Å². The third-order valence-corrected chi connectivity index (χ3v) is 6.59. The minimum atomic E-state index is -3.20. The fourth-order valence-corrected chi connectivity index (χ4v) is 4.92. The summed E-state index contributed by atoms with van der Waals surface area (Å²) >= 11 is 1.67. The SMILES string of the molecule is CS(=O)(=O)N1CCC(C(=O)N2CCSCC2CC(=O)O)CC1. The van der Waals surface area contributed by atoms with Crippen LogP contribution in [0.1, 0.15) is 19.3 Å². The summed E-state index contributed by atoms with van der Waals surface area (Å²) in [5.74, 6) is 0.374. The summed E-state index contributed by atoms with van der Waals surface area (Å²) in [6.45, 7) is 1.30. The van der Waals surface area contributed by atoms with Crippen molar-refractivity contribution in [1.82, 2.24) is 9.21 Å². The van der Waals surface area contributed by atoms with Gasteiger partial charge < -0.3 is 10.0 Å². The molecule has 2 saturated heterocycles. The zero-order chi connectivity index (χ0) is 16.3. The van der Waals surface area contributed by atoms with Crippen molar-refractivity contribution >= 4 is 33.7 Å². The zero-order valence-electron chi connectivity index (χ0n) is 12.6. The Kier molecular flexibility index (Phi) is 5.73. The van der Waals surface area contributed by atoms with Crippen molar-refractivity contribution in [3.8, 4) is 0 Å². The molecule has 22 heavy (non-hydrogen) atoms. The average molecular weight is 350 g/mol. The Morgan fingerprint density at radius 3 is 2.41 bits per heavy atom. The van der Waals surface area contributed by atoms with Crippen LogP contribution in [0.5, 0.6) is 0 Å². The maximum absolute atomic E-state index is 12.7. The summed E-state index contributed by atoms with van der Waals surface area (Å²) in [6, 6.07) is -0.253. The van der Waals surface area contributed by atoms with Gasteiger partial charge in [0, 0.05) is 37.1 Å². The van der Waals surface area contributed by atoms with Crippen molar-refractivity contribution in [2.75, 3.05) is 37.4 Å². The van der Waals surface area contributed by atoms with Crippen molar-refractivity contribution in [1.29, 1.82) is 0 Å². The van der Waals surface area contributed by atoms with Gasteiger partial charge in [0.25, 0.3) is 0 Å².